The van der Waals surface area contributed by atoms with Gasteiger partial charge in [0, 0.05) is 15.9 Å². The van der Waals surface area contributed by atoms with Crippen LogP contribution in [0.1, 0.15) is 18.4 Å². The van der Waals surface area contributed by atoms with Gasteiger partial charge in [-0.05, 0) is 42.0 Å². The molecular weight excluding hydrogens is 408 g/mol. The molecule has 5 nitrogen and oxygen atoms in total. The molecule has 1 saturated heterocycles. The smallest absolute Gasteiger partial charge is 0.281 e. The summed E-state index contributed by atoms with van der Waals surface area (Å²) in [5.74, 6) is -0.674. The Balaban J connectivity index is 1.60. The maximum absolute atomic E-state index is 12.9. The van der Waals surface area contributed by atoms with E-state index >= 15 is 0 Å². The largest absolute Gasteiger partial charge is 0.378 e. The van der Waals surface area contributed by atoms with Gasteiger partial charge in [-0.3, -0.25) is 9.59 Å². The minimum Gasteiger partial charge on any atom is -0.378 e. The van der Waals surface area contributed by atoms with Gasteiger partial charge < -0.3 is 4.84 Å². The molecule has 2 aliphatic rings. The van der Waals surface area contributed by atoms with Crippen molar-refractivity contribution in [2.45, 2.75) is 18.4 Å². The van der Waals surface area contributed by atoms with Crippen molar-refractivity contribution in [1.29, 1.82) is 0 Å². The van der Waals surface area contributed by atoms with Gasteiger partial charge in [-0.1, -0.05) is 44.8 Å². The average Bonchev–Trinajstić information content (AvgIpc) is 3.12. The quantitative estimate of drug-likeness (QED) is 0.693. The zero-order valence-electron chi connectivity index (χ0n) is 12.9. The molecule has 2 aromatic carbocycles. The molecule has 4 rings (SSSR count). The fourth-order valence-corrected chi connectivity index (χ4v) is 3.44. The zero-order valence-corrected chi connectivity index (χ0v) is 15.3. The number of benzene rings is 2. The van der Waals surface area contributed by atoms with Gasteiger partial charge in [0.15, 0.2) is 0 Å². The predicted molar refractivity (Wildman–Crippen MR) is 97.7 cm³/mol. The second kappa shape index (κ2) is 5.97. The Hall–Kier alpha value is -2.18. The van der Waals surface area contributed by atoms with Crippen molar-refractivity contribution in [2.75, 3.05) is 4.90 Å². The summed E-state index contributed by atoms with van der Waals surface area (Å²) in [4.78, 5) is 32.1. The normalized spacial score (nSPS) is 22.5. The number of anilines is 1. The molecule has 0 radical (unpaired) electrons. The fourth-order valence-electron chi connectivity index (χ4n) is 3.05. The van der Waals surface area contributed by atoms with Crippen LogP contribution in [0.2, 0.25) is 5.02 Å². The first-order valence-corrected chi connectivity index (χ1v) is 8.80. The zero-order chi connectivity index (χ0) is 17.6. The highest BCUT2D eigenvalue weighted by molar-refractivity contribution is 9.10. The lowest BCUT2D eigenvalue weighted by molar-refractivity contribution is -0.136. The lowest BCUT2D eigenvalue weighted by atomic mass is 9.92. The highest BCUT2D eigenvalue weighted by Crippen LogP contribution is 2.39. The van der Waals surface area contributed by atoms with Crippen LogP contribution in [-0.4, -0.2) is 23.1 Å². The van der Waals surface area contributed by atoms with Crippen molar-refractivity contribution in [3.63, 3.8) is 0 Å². The van der Waals surface area contributed by atoms with Gasteiger partial charge >= 0.3 is 0 Å². The number of oxime groups is 1. The monoisotopic (exact) mass is 418 g/mol. The summed E-state index contributed by atoms with van der Waals surface area (Å²) < 4.78 is 0.871. The third-order valence-electron chi connectivity index (χ3n) is 4.32. The van der Waals surface area contributed by atoms with Gasteiger partial charge in [-0.15, -0.1) is 0 Å². The summed E-state index contributed by atoms with van der Waals surface area (Å²) in [5, 5.41) is 4.68. The van der Waals surface area contributed by atoms with Crippen LogP contribution >= 0.6 is 27.5 Å². The molecule has 126 valence electrons. The lowest BCUT2D eigenvalue weighted by Gasteiger charge is -2.19. The highest BCUT2D eigenvalue weighted by Gasteiger charge is 2.58. The van der Waals surface area contributed by atoms with E-state index in [4.69, 9.17) is 16.4 Å². The van der Waals surface area contributed by atoms with Gasteiger partial charge in [0.2, 0.25) is 11.5 Å². The molecule has 7 heteroatoms. The Morgan fingerprint density at radius 3 is 2.40 bits per heavy atom. The number of carbonyl (C=O) groups is 2. The van der Waals surface area contributed by atoms with E-state index in [2.05, 4.69) is 21.1 Å². The molecule has 0 N–H and O–H groups in total. The molecule has 0 saturated carbocycles. The second-order valence-corrected chi connectivity index (χ2v) is 7.35. The van der Waals surface area contributed by atoms with Crippen LogP contribution in [0.25, 0.3) is 0 Å². The standard InChI is InChI=1S/C18H12BrClN2O3/c19-12-3-7-14(8-4-12)22-16(23)10-18(17(22)24)9-15(21-25-18)11-1-5-13(20)6-2-11/h1-8H,9-10H2. The molecule has 2 aliphatic heterocycles. The van der Waals surface area contributed by atoms with E-state index in [-0.39, 0.29) is 24.7 Å². The Morgan fingerprint density at radius 1 is 1.04 bits per heavy atom. The summed E-state index contributed by atoms with van der Waals surface area (Å²) in [6.07, 6.45) is 0.231. The summed E-state index contributed by atoms with van der Waals surface area (Å²) in [6, 6.07) is 14.1. The predicted octanol–water partition coefficient (Wildman–Crippen LogP) is 3.93. The van der Waals surface area contributed by atoms with E-state index in [0.717, 1.165) is 10.0 Å². The Morgan fingerprint density at radius 2 is 1.72 bits per heavy atom. The van der Waals surface area contributed by atoms with Crippen LogP contribution in [0, 0.1) is 0 Å². The number of nitrogens with zero attached hydrogens (tertiary/aromatic N) is 2. The van der Waals surface area contributed by atoms with Gasteiger partial charge in [0.05, 0.1) is 17.8 Å². The van der Waals surface area contributed by atoms with E-state index < -0.39 is 5.60 Å². The van der Waals surface area contributed by atoms with Crippen molar-refractivity contribution in [3.05, 3.63) is 63.6 Å². The van der Waals surface area contributed by atoms with E-state index in [1.807, 2.05) is 12.1 Å². The molecule has 1 atom stereocenters. The second-order valence-electron chi connectivity index (χ2n) is 5.99. The lowest BCUT2D eigenvalue weighted by Crippen LogP contribution is -2.40. The molecule has 25 heavy (non-hydrogen) atoms. The minimum atomic E-state index is -1.25. The molecule has 0 aromatic heterocycles. The Labute approximate surface area is 157 Å². The fraction of sp³-hybridized carbons (Fsp3) is 0.167. The van der Waals surface area contributed by atoms with E-state index in [9.17, 15) is 9.59 Å². The van der Waals surface area contributed by atoms with E-state index in [1.54, 1.807) is 36.4 Å². The Bertz CT molecular complexity index is 896. The minimum absolute atomic E-state index is 0.0253. The van der Waals surface area contributed by atoms with Crippen molar-refractivity contribution >= 4 is 50.7 Å². The third kappa shape index (κ3) is 2.75. The molecule has 0 aliphatic carbocycles. The summed E-state index contributed by atoms with van der Waals surface area (Å²) in [6.45, 7) is 0. The van der Waals surface area contributed by atoms with Crippen molar-refractivity contribution in [2.24, 2.45) is 5.16 Å². The average molecular weight is 420 g/mol. The van der Waals surface area contributed by atoms with Crippen LogP contribution in [0.4, 0.5) is 5.69 Å². The van der Waals surface area contributed by atoms with Gasteiger partial charge in [-0.2, -0.15) is 0 Å². The Kier molecular flexibility index (Phi) is 3.89. The van der Waals surface area contributed by atoms with Crippen LogP contribution < -0.4 is 4.90 Å². The van der Waals surface area contributed by atoms with Crippen molar-refractivity contribution in [3.8, 4) is 0 Å². The summed E-state index contributed by atoms with van der Waals surface area (Å²) in [7, 11) is 0. The molecule has 2 amide bonds. The molecular formula is C18H12BrClN2O3. The summed E-state index contributed by atoms with van der Waals surface area (Å²) in [5.41, 5.74) is 0.733. The van der Waals surface area contributed by atoms with Crippen molar-refractivity contribution < 1.29 is 14.4 Å². The first-order valence-electron chi connectivity index (χ1n) is 7.62. The number of hydrogen-bond acceptors (Lipinski definition) is 4. The first kappa shape index (κ1) is 16.3. The number of hydrogen-bond donors (Lipinski definition) is 0. The van der Waals surface area contributed by atoms with Crippen molar-refractivity contribution in [1.82, 2.24) is 0 Å². The van der Waals surface area contributed by atoms with Crippen LogP contribution in [0.3, 0.4) is 0 Å². The number of imide groups is 1. The molecule has 1 unspecified atom stereocenters. The SMILES string of the molecule is O=C1CC2(CC(c3ccc(Cl)cc3)=NO2)C(=O)N1c1ccc(Br)cc1. The molecule has 1 spiro atoms. The molecule has 1 fully saturated rings. The maximum Gasteiger partial charge on any atom is 0.281 e. The van der Waals surface area contributed by atoms with Crippen LogP contribution in [0.15, 0.2) is 58.2 Å². The topological polar surface area (TPSA) is 59.0 Å². The molecule has 0 bridgehead atoms. The first-order chi connectivity index (χ1) is 12.0. The number of carbonyl (C=O) groups excluding carboxylic acids is 2. The maximum atomic E-state index is 12.9. The highest BCUT2D eigenvalue weighted by atomic mass is 79.9. The van der Waals surface area contributed by atoms with Gasteiger partial charge in [0.1, 0.15) is 0 Å². The summed E-state index contributed by atoms with van der Waals surface area (Å²) >= 11 is 9.24. The number of amides is 2. The van der Waals surface area contributed by atoms with Gasteiger partial charge in [0.25, 0.3) is 5.91 Å². The molecule has 2 heterocycles. The van der Waals surface area contributed by atoms with Crippen LogP contribution in [0.5, 0.6) is 0 Å². The molecule has 2 aromatic rings. The van der Waals surface area contributed by atoms with Crippen LogP contribution in [-0.2, 0) is 14.4 Å². The van der Waals surface area contributed by atoms with E-state index in [0.29, 0.717) is 16.4 Å². The number of halogens is 2. The number of rotatable bonds is 2. The van der Waals surface area contributed by atoms with Gasteiger partial charge in [-0.25, -0.2) is 4.90 Å². The van der Waals surface area contributed by atoms with E-state index in [1.165, 1.54) is 4.90 Å². The third-order valence-corrected chi connectivity index (χ3v) is 5.11.